The van der Waals surface area contributed by atoms with Crippen LogP contribution >= 0.6 is 15.9 Å². The van der Waals surface area contributed by atoms with Gasteiger partial charge < -0.3 is 15.7 Å². The molecule has 0 unspecified atom stereocenters. The Kier molecular flexibility index (Phi) is 5.24. The van der Waals surface area contributed by atoms with Crippen molar-refractivity contribution in [1.29, 1.82) is 0 Å². The number of hydrogen-bond acceptors (Lipinski definition) is 4. The van der Waals surface area contributed by atoms with Gasteiger partial charge in [0, 0.05) is 23.2 Å². The maximum atomic E-state index is 11.4. The van der Waals surface area contributed by atoms with E-state index in [2.05, 4.69) is 26.6 Å². The maximum absolute atomic E-state index is 11.4. The lowest BCUT2D eigenvalue weighted by molar-refractivity contribution is -0.384. The molecule has 0 aliphatic rings. The highest BCUT2D eigenvalue weighted by Gasteiger charge is 2.11. The molecule has 2 amide bonds. The van der Waals surface area contributed by atoms with Gasteiger partial charge in [-0.1, -0.05) is 0 Å². The summed E-state index contributed by atoms with van der Waals surface area (Å²) >= 11 is 3.09. The quantitative estimate of drug-likeness (QED) is 0.562. The molecule has 9 heteroatoms. The second-order valence-electron chi connectivity index (χ2n) is 3.45. The van der Waals surface area contributed by atoms with Crippen molar-refractivity contribution in [2.45, 2.75) is 6.42 Å². The zero-order chi connectivity index (χ0) is 14.4. The fourth-order valence-corrected chi connectivity index (χ4v) is 1.63. The van der Waals surface area contributed by atoms with Crippen LogP contribution in [0.3, 0.4) is 0 Å². The standard InChI is InChI=1S/C10H10BrN3O5/c11-7-5-6(14(18)19)1-2-8(7)13-10(17)12-4-3-9(15)16/h1-2,5H,3-4H2,(H,15,16)(H2,12,13,17). The summed E-state index contributed by atoms with van der Waals surface area (Å²) in [5.74, 6) is -1.02. The number of anilines is 1. The molecule has 3 N–H and O–H groups in total. The second kappa shape index (κ2) is 6.69. The van der Waals surface area contributed by atoms with Gasteiger partial charge in [0.15, 0.2) is 0 Å². The first kappa shape index (κ1) is 14.9. The number of benzene rings is 1. The van der Waals surface area contributed by atoms with Crippen LogP contribution in [0.1, 0.15) is 6.42 Å². The van der Waals surface area contributed by atoms with Crippen molar-refractivity contribution in [3.8, 4) is 0 Å². The first-order valence-electron chi connectivity index (χ1n) is 5.10. The van der Waals surface area contributed by atoms with Crippen LogP contribution in [0.4, 0.5) is 16.2 Å². The van der Waals surface area contributed by atoms with E-state index in [0.717, 1.165) is 0 Å². The van der Waals surface area contributed by atoms with Crippen molar-refractivity contribution in [3.05, 3.63) is 32.8 Å². The SMILES string of the molecule is O=C(O)CCNC(=O)Nc1ccc([N+](=O)[O-])cc1Br. The maximum Gasteiger partial charge on any atom is 0.319 e. The van der Waals surface area contributed by atoms with Crippen LogP contribution < -0.4 is 10.6 Å². The number of carboxylic acid groups (broad SMARTS) is 1. The number of urea groups is 1. The fourth-order valence-electron chi connectivity index (χ4n) is 1.17. The normalized spacial score (nSPS) is 9.74. The highest BCUT2D eigenvalue weighted by Crippen LogP contribution is 2.26. The van der Waals surface area contributed by atoms with Crippen LogP contribution in [0.25, 0.3) is 0 Å². The van der Waals surface area contributed by atoms with E-state index in [1.165, 1.54) is 18.2 Å². The molecule has 0 aliphatic heterocycles. The molecule has 0 spiro atoms. The minimum atomic E-state index is -1.02. The molecule has 0 radical (unpaired) electrons. The molecule has 8 nitrogen and oxygen atoms in total. The number of nitro groups is 1. The Morgan fingerprint density at radius 3 is 2.63 bits per heavy atom. The van der Waals surface area contributed by atoms with Gasteiger partial charge in [0.25, 0.3) is 5.69 Å². The van der Waals surface area contributed by atoms with E-state index in [1.54, 1.807) is 0 Å². The van der Waals surface area contributed by atoms with Crippen molar-refractivity contribution >= 4 is 39.3 Å². The average Bonchev–Trinajstić information content (AvgIpc) is 2.31. The fraction of sp³-hybridized carbons (Fsp3) is 0.200. The Bertz CT molecular complexity index is 520. The molecule has 0 fully saturated rings. The predicted octanol–water partition coefficient (Wildman–Crippen LogP) is 1.95. The van der Waals surface area contributed by atoms with Crippen molar-refractivity contribution in [2.75, 3.05) is 11.9 Å². The number of nitrogens with one attached hydrogen (secondary N) is 2. The van der Waals surface area contributed by atoms with Crippen molar-refractivity contribution in [3.63, 3.8) is 0 Å². The van der Waals surface area contributed by atoms with Crippen LogP contribution in [0.5, 0.6) is 0 Å². The number of hydrogen-bond donors (Lipinski definition) is 3. The highest BCUT2D eigenvalue weighted by atomic mass is 79.9. The minimum Gasteiger partial charge on any atom is -0.481 e. The molecule has 0 saturated carbocycles. The molecule has 0 saturated heterocycles. The summed E-state index contributed by atoms with van der Waals surface area (Å²) in [5, 5.41) is 23.7. The molecule has 0 atom stereocenters. The Hall–Kier alpha value is -2.16. The summed E-state index contributed by atoms with van der Waals surface area (Å²) in [4.78, 5) is 31.6. The van der Waals surface area contributed by atoms with Gasteiger partial charge in [-0.15, -0.1) is 0 Å². The van der Waals surface area contributed by atoms with Crippen LogP contribution in [0, 0.1) is 10.1 Å². The summed E-state index contributed by atoms with van der Waals surface area (Å²) in [5.41, 5.74) is 0.238. The Balaban J connectivity index is 2.59. The lowest BCUT2D eigenvalue weighted by atomic mass is 10.3. The average molecular weight is 332 g/mol. The van der Waals surface area contributed by atoms with E-state index < -0.39 is 16.9 Å². The van der Waals surface area contributed by atoms with Crippen molar-refractivity contribution < 1.29 is 19.6 Å². The van der Waals surface area contributed by atoms with Gasteiger partial charge in [-0.3, -0.25) is 14.9 Å². The van der Waals surface area contributed by atoms with Crippen molar-refractivity contribution in [1.82, 2.24) is 5.32 Å². The Morgan fingerprint density at radius 2 is 2.11 bits per heavy atom. The van der Waals surface area contributed by atoms with Gasteiger partial charge in [-0.25, -0.2) is 4.79 Å². The summed E-state index contributed by atoms with van der Waals surface area (Å²) in [6, 6.07) is 3.29. The number of halogens is 1. The van der Waals surface area contributed by atoms with Gasteiger partial charge in [-0.2, -0.15) is 0 Å². The lowest BCUT2D eigenvalue weighted by Crippen LogP contribution is -2.30. The topological polar surface area (TPSA) is 122 Å². The largest absolute Gasteiger partial charge is 0.481 e. The number of carbonyl (C=O) groups is 2. The van der Waals surface area contributed by atoms with E-state index >= 15 is 0 Å². The van der Waals surface area contributed by atoms with Crippen LogP contribution in [0.15, 0.2) is 22.7 Å². The smallest absolute Gasteiger partial charge is 0.319 e. The Labute approximate surface area is 116 Å². The van der Waals surface area contributed by atoms with Crippen LogP contribution in [0.2, 0.25) is 0 Å². The van der Waals surface area contributed by atoms with Gasteiger partial charge in [-0.05, 0) is 22.0 Å². The number of rotatable bonds is 5. The lowest BCUT2D eigenvalue weighted by Gasteiger charge is -2.08. The number of nitro benzene ring substituents is 1. The molecule has 102 valence electrons. The first-order valence-corrected chi connectivity index (χ1v) is 5.90. The molecule has 0 aliphatic carbocycles. The number of carboxylic acids is 1. The van der Waals surface area contributed by atoms with E-state index in [0.29, 0.717) is 10.2 Å². The number of non-ortho nitro benzene ring substituents is 1. The van der Waals surface area contributed by atoms with E-state index in [-0.39, 0.29) is 18.7 Å². The summed E-state index contributed by atoms with van der Waals surface area (Å²) in [6.07, 6.45) is -0.186. The van der Waals surface area contributed by atoms with Gasteiger partial charge in [0.05, 0.1) is 17.0 Å². The summed E-state index contributed by atoms with van der Waals surface area (Å²) < 4.78 is 0.357. The van der Waals surface area contributed by atoms with Gasteiger partial charge in [0.2, 0.25) is 0 Å². The molecule has 19 heavy (non-hydrogen) atoms. The molecule has 0 heterocycles. The highest BCUT2D eigenvalue weighted by molar-refractivity contribution is 9.10. The second-order valence-corrected chi connectivity index (χ2v) is 4.30. The number of amides is 2. The van der Waals surface area contributed by atoms with E-state index in [4.69, 9.17) is 5.11 Å². The van der Waals surface area contributed by atoms with Crippen molar-refractivity contribution in [2.24, 2.45) is 0 Å². The van der Waals surface area contributed by atoms with Crippen LogP contribution in [-0.4, -0.2) is 28.6 Å². The van der Waals surface area contributed by atoms with Gasteiger partial charge >= 0.3 is 12.0 Å². The predicted molar refractivity (Wildman–Crippen MR) is 70.1 cm³/mol. The van der Waals surface area contributed by atoms with Gasteiger partial charge in [0.1, 0.15) is 0 Å². The number of nitrogens with zero attached hydrogens (tertiary/aromatic N) is 1. The Morgan fingerprint density at radius 1 is 1.42 bits per heavy atom. The molecule has 0 bridgehead atoms. The molecule has 1 aromatic rings. The summed E-state index contributed by atoms with van der Waals surface area (Å²) in [6.45, 7) is -0.00817. The zero-order valence-electron chi connectivity index (χ0n) is 9.55. The number of carbonyl (C=O) groups excluding carboxylic acids is 1. The monoisotopic (exact) mass is 331 g/mol. The molecule has 1 aromatic carbocycles. The van der Waals surface area contributed by atoms with E-state index in [9.17, 15) is 19.7 Å². The number of aliphatic carboxylic acids is 1. The third-order valence-electron chi connectivity index (χ3n) is 2.04. The third kappa shape index (κ3) is 4.92. The van der Waals surface area contributed by atoms with Crippen LogP contribution in [-0.2, 0) is 4.79 Å². The molecule has 1 rings (SSSR count). The minimum absolute atomic E-state index is 0.00817. The third-order valence-corrected chi connectivity index (χ3v) is 2.69. The molecule has 0 aromatic heterocycles. The molecular weight excluding hydrogens is 322 g/mol. The summed E-state index contributed by atoms with van der Waals surface area (Å²) in [7, 11) is 0. The zero-order valence-corrected chi connectivity index (χ0v) is 11.1. The molecular formula is C10H10BrN3O5. The first-order chi connectivity index (χ1) is 8.90. The van der Waals surface area contributed by atoms with E-state index in [1.807, 2.05) is 0 Å².